The predicted molar refractivity (Wildman–Crippen MR) is 89.2 cm³/mol. The molecule has 0 aromatic carbocycles. The Morgan fingerprint density at radius 2 is 2.08 bits per heavy atom. The smallest absolute Gasteiger partial charge is 0.253 e. The number of hydrogen-bond donors (Lipinski definition) is 2. The zero-order valence-corrected chi connectivity index (χ0v) is 14.7. The number of amides is 2. The molecular formula is C17H25N3O4. The van der Waals surface area contributed by atoms with Gasteiger partial charge < -0.3 is 19.9 Å². The van der Waals surface area contributed by atoms with Gasteiger partial charge in [0.2, 0.25) is 5.91 Å². The zero-order valence-electron chi connectivity index (χ0n) is 14.7. The molecule has 7 nitrogen and oxygen atoms in total. The number of H-pyrrole nitrogens is 1. The van der Waals surface area contributed by atoms with Gasteiger partial charge >= 0.3 is 0 Å². The van der Waals surface area contributed by atoms with E-state index >= 15 is 0 Å². The number of Topliss-reactive ketones (excluding diaryl/α,β-unsaturated/α-hetero) is 1. The molecule has 2 heterocycles. The molecule has 0 aliphatic carbocycles. The number of rotatable bonds is 7. The summed E-state index contributed by atoms with van der Waals surface area (Å²) in [6.45, 7) is 7.18. The highest BCUT2D eigenvalue weighted by molar-refractivity contribution is 6.02. The van der Waals surface area contributed by atoms with Crippen LogP contribution >= 0.6 is 0 Å². The maximum atomic E-state index is 12.5. The van der Waals surface area contributed by atoms with E-state index in [1.165, 1.54) is 6.92 Å². The van der Waals surface area contributed by atoms with Crippen molar-refractivity contribution in [1.29, 1.82) is 0 Å². The van der Waals surface area contributed by atoms with Crippen LogP contribution < -0.4 is 5.32 Å². The Balaban J connectivity index is 1.95. The van der Waals surface area contributed by atoms with Crippen LogP contribution in [0.5, 0.6) is 0 Å². The standard InChI is InChI=1S/C17H25N3O4/c1-10-15(11(2)19-16(10)12(3)21)17(23)18-8-13-7-14(22)20(9-13)5-6-24-4/h13,19H,5-9H2,1-4H3,(H,18,23)/t13-/m1/s1. The summed E-state index contributed by atoms with van der Waals surface area (Å²) in [4.78, 5) is 40.7. The Morgan fingerprint density at radius 3 is 2.67 bits per heavy atom. The summed E-state index contributed by atoms with van der Waals surface area (Å²) in [5.74, 6) is -0.106. The second kappa shape index (κ2) is 7.61. The Morgan fingerprint density at radius 1 is 1.38 bits per heavy atom. The number of ether oxygens (including phenoxy) is 1. The number of aromatic amines is 1. The summed E-state index contributed by atoms with van der Waals surface area (Å²) in [5.41, 5.74) is 2.33. The van der Waals surface area contributed by atoms with E-state index in [-0.39, 0.29) is 23.5 Å². The van der Waals surface area contributed by atoms with Crippen LogP contribution in [0.4, 0.5) is 0 Å². The van der Waals surface area contributed by atoms with Gasteiger partial charge in [-0.3, -0.25) is 14.4 Å². The minimum Gasteiger partial charge on any atom is -0.383 e. The van der Waals surface area contributed by atoms with Crippen LogP contribution in [-0.4, -0.2) is 60.8 Å². The normalized spacial score (nSPS) is 17.4. The fraction of sp³-hybridized carbons (Fsp3) is 0.588. The summed E-state index contributed by atoms with van der Waals surface area (Å²) < 4.78 is 5.00. The van der Waals surface area contributed by atoms with Crippen LogP contribution in [0.2, 0.25) is 0 Å². The second-order valence-corrected chi connectivity index (χ2v) is 6.29. The molecule has 2 amide bonds. The number of nitrogens with one attached hydrogen (secondary N) is 2. The van der Waals surface area contributed by atoms with E-state index in [4.69, 9.17) is 4.74 Å². The molecule has 1 aliphatic heterocycles. The van der Waals surface area contributed by atoms with Crippen LogP contribution in [0.3, 0.4) is 0 Å². The fourth-order valence-corrected chi connectivity index (χ4v) is 3.18. The fourth-order valence-electron chi connectivity index (χ4n) is 3.18. The van der Waals surface area contributed by atoms with E-state index in [2.05, 4.69) is 10.3 Å². The second-order valence-electron chi connectivity index (χ2n) is 6.29. The predicted octanol–water partition coefficient (Wildman–Crippen LogP) is 1.06. The lowest BCUT2D eigenvalue weighted by molar-refractivity contribution is -0.128. The number of carbonyl (C=O) groups excluding carboxylic acids is 3. The largest absolute Gasteiger partial charge is 0.383 e. The quantitative estimate of drug-likeness (QED) is 0.729. The summed E-state index contributed by atoms with van der Waals surface area (Å²) >= 11 is 0. The number of likely N-dealkylation sites (tertiary alicyclic amines) is 1. The molecule has 132 valence electrons. The zero-order chi connectivity index (χ0) is 17.9. The van der Waals surface area contributed by atoms with Crippen LogP contribution in [-0.2, 0) is 9.53 Å². The third kappa shape index (κ3) is 3.84. The van der Waals surface area contributed by atoms with Crippen LogP contribution in [0, 0.1) is 19.8 Å². The van der Waals surface area contributed by atoms with Gasteiger partial charge in [0.25, 0.3) is 5.91 Å². The number of methoxy groups -OCH3 is 1. The minimum atomic E-state index is -0.212. The highest BCUT2D eigenvalue weighted by atomic mass is 16.5. The van der Waals surface area contributed by atoms with Gasteiger partial charge in [-0.25, -0.2) is 0 Å². The van der Waals surface area contributed by atoms with Crippen LogP contribution in [0.15, 0.2) is 0 Å². The maximum Gasteiger partial charge on any atom is 0.253 e. The first-order valence-electron chi connectivity index (χ1n) is 8.10. The van der Waals surface area contributed by atoms with E-state index in [0.717, 1.165) is 0 Å². The molecule has 24 heavy (non-hydrogen) atoms. The molecule has 2 rings (SSSR count). The van der Waals surface area contributed by atoms with Gasteiger partial charge in [-0.15, -0.1) is 0 Å². The molecule has 1 fully saturated rings. The number of nitrogens with zero attached hydrogens (tertiary/aromatic N) is 1. The molecule has 0 spiro atoms. The van der Waals surface area contributed by atoms with E-state index in [9.17, 15) is 14.4 Å². The van der Waals surface area contributed by atoms with Crippen molar-refractivity contribution in [3.63, 3.8) is 0 Å². The third-order valence-corrected chi connectivity index (χ3v) is 4.43. The van der Waals surface area contributed by atoms with E-state index in [1.54, 1.807) is 25.9 Å². The van der Waals surface area contributed by atoms with Crippen molar-refractivity contribution in [3.8, 4) is 0 Å². The van der Waals surface area contributed by atoms with Crippen molar-refractivity contribution in [1.82, 2.24) is 15.2 Å². The molecule has 1 aliphatic rings. The van der Waals surface area contributed by atoms with Gasteiger partial charge in [-0.1, -0.05) is 0 Å². The van der Waals surface area contributed by atoms with Gasteiger partial charge in [0.1, 0.15) is 0 Å². The maximum absolute atomic E-state index is 12.5. The van der Waals surface area contributed by atoms with Crippen LogP contribution in [0.25, 0.3) is 0 Å². The third-order valence-electron chi connectivity index (χ3n) is 4.43. The minimum absolute atomic E-state index is 0.0928. The summed E-state index contributed by atoms with van der Waals surface area (Å²) in [6, 6.07) is 0. The Bertz CT molecular complexity index is 651. The molecule has 0 radical (unpaired) electrons. The first-order valence-corrected chi connectivity index (χ1v) is 8.10. The topological polar surface area (TPSA) is 91.5 Å². The number of aromatic nitrogens is 1. The molecule has 2 N–H and O–H groups in total. The molecule has 1 saturated heterocycles. The summed E-state index contributed by atoms with van der Waals surface area (Å²) in [7, 11) is 1.61. The molecule has 0 saturated carbocycles. The number of carbonyl (C=O) groups is 3. The first-order chi connectivity index (χ1) is 11.3. The molecule has 7 heteroatoms. The average molecular weight is 335 g/mol. The summed E-state index contributed by atoms with van der Waals surface area (Å²) in [6.07, 6.45) is 0.438. The van der Waals surface area contributed by atoms with Crippen molar-refractivity contribution in [2.45, 2.75) is 27.2 Å². The van der Waals surface area contributed by atoms with Crippen molar-refractivity contribution < 1.29 is 19.1 Å². The monoisotopic (exact) mass is 335 g/mol. The first kappa shape index (κ1) is 18.2. The molecule has 0 unspecified atom stereocenters. The number of aryl methyl sites for hydroxylation is 1. The summed E-state index contributed by atoms with van der Waals surface area (Å²) in [5, 5.41) is 2.89. The van der Waals surface area contributed by atoms with Crippen molar-refractivity contribution in [2.24, 2.45) is 5.92 Å². The lowest BCUT2D eigenvalue weighted by atomic mass is 10.1. The number of hydrogen-bond acceptors (Lipinski definition) is 4. The molecule has 1 atom stereocenters. The van der Waals surface area contributed by atoms with Gasteiger partial charge in [-0.05, 0) is 19.4 Å². The molecule has 1 aromatic heterocycles. The lowest BCUT2D eigenvalue weighted by Gasteiger charge is -2.16. The molecule has 1 aromatic rings. The van der Waals surface area contributed by atoms with E-state index < -0.39 is 0 Å². The highest BCUT2D eigenvalue weighted by Gasteiger charge is 2.30. The Hall–Kier alpha value is -2.15. The Kier molecular flexibility index (Phi) is 5.77. The average Bonchev–Trinajstić information content (AvgIpc) is 3.02. The number of ketones is 1. The van der Waals surface area contributed by atoms with Gasteiger partial charge in [0, 0.05) is 51.7 Å². The Labute approximate surface area is 141 Å². The van der Waals surface area contributed by atoms with Crippen LogP contribution in [0.1, 0.15) is 45.4 Å². The SMILES string of the molecule is COCCN1C[C@@H](CNC(=O)c2c(C)[nH]c(C(C)=O)c2C)CC1=O. The lowest BCUT2D eigenvalue weighted by Crippen LogP contribution is -2.32. The van der Waals surface area contributed by atoms with Gasteiger partial charge in [-0.2, -0.15) is 0 Å². The molecule has 0 bridgehead atoms. The molecular weight excluding hydrogens is 310 g/mol. The van der Waals surface area contributed by atoms with Crippen molar-refractivity contribution in [2.75, 3.05) is 33.4 Å². The van der Waals surface area contributed by atoms with E-state index in [1.807, 2.05) is 0 Å². The van der Waals surface area contributed by atoms with Crippen molar-refractivity contribution >= 4 is 17.6 Å². The van der Waals surface area contributed by atoms with Crippen molar-refractivity contribution in [3.05, 3.63) is 22.5 Å². The highest BCUT2D eigenvalue weighted by Crippen LogP contribution is 2.20. The van der Waals surface area contributed by atoms with E-state index in [0.29, 0.717) is 55.2 Å². The van der Waals surface area contributed by atoms with Gasteiger partial charge in [0.05, 0.1) is 17.9 Å². The van der Waals surface area contributed by atoms with Gasteiger partial charge in [0.15, 0.2) is 5.78 Å².